The molecule has 3 heteroatoms. The van der Waals surface area contributed by atoms with Crippen LogP contribution in [0.15, 0.2) is 24.3 Å². The quantitative estimate of drug-likeness (QED) is 0.869. The Morgan fingerprint density at radius 1 is 1.35 bits per heavy atom. The maximum Gasteiger partial charge on any atom is 0.119 e. The average Bonchev–Trinajstić information content (AvgIpc) is 2.34. The van der Waals surface area contributed by atoms with Crippen molar-refractivity contribution in [3.63, 3.8) is 0 Å². The predicted molar refractivity (Wildman–Crippen MR) is 68.2 cm³/mol. The van der Waals surface area contributed by atoms with Crippen LogP contribution >= 0.6 is 0 Å². The van der Waals surface area contributed by atoms with E-state index in [-0.39, 0.29) is 0 Å². The second kappa shape index (κ2) is 5.07. The molecule has 0 aromatic heterocycles. The van der Waals surface area contributed by atoms with Crippen molar-refractivity contribution in [2.45, 2.75) is 25.4 Å². The van der Waals surface area contributed by atoms with Gasteiger partial charge in [-0.15, -0.1) is 0 Å². The standard InChI is InChI=1S/C14H21NO2/c1-3-17-13-6-4-5-12(11-13)14(16)7-9-15(2)10-8-14/h4-6,11,16H,3,7-10H2,1-2H3. The van der Waals surface area contributed by atoms with Gasteiger partial charge in [-0.25, -0.2) is 0 Å². The average molecular weight is 235 g/mol. The van der Waals surface area contributed by atoms with Gasteiger partial charge in [-0.3, -0.25) is 0 Å². The summed E-state index contributed by atoms with van der Waals surface area (Å²) in [6, 6.07) is 7.85. The second-order valence-electron chi connectivity index (χ2n) is 4.80. The lowest BCUT2D eigenvalue weighted by molar-refractivity contribution is -0.0204. The highest BCUT2D eigenvalue weighted by molar-refractivity contribution is 5.32. The molecule has 0 atom stereocenters. The third-order valence-electron chi connectivity index (χ3n) is 3.50. The minimum atomic E-state index is -0.681. The summed E-state index contributed by atoms with van der Waals surface area (Å²) in [5.41, 5.74) is 0.302. The first kappa shape index (κ1) is 12.4. The van der Waals surface area contributed by atoms with Gasteiger partial charge in [0, 0.05) is 13.1 Å². The van der Waals surface area contributed by atoms with Gasteiger partial charge in [-0.05, 0) is 44.5 Å². The van der Waals surface area contributed by atoms with Gasteiger partial charge in [0.1, 0.15) is 5.75 Å². The zero-order valence-corrected chi connectivity index (χ0v) is 10.6. The van der Waals surface area contributed by atoms with Gasteiger partial charge in [0.15, 0.2) is 0 Å². The lowest BCUT2D eigenvalue weighted by Gasteiger charge is -2.37. The maximum atomic E-state index is 10.7. The van der Waals surface area contributed by atoms with Crippen LogP contribution in [0.1, 0.15) is 25.3 Å². The van der Waals surface area contributed by atoms with E-state index in [4.69, 9.17) is 4.74 Å². The van der Waals surface area contributed by atoms with Crippen molar-refractivity contribution in [3.8, 4) is 5.75 Å². The molecule has 1 fully saturated rings. The van der Waals surface area contributed by atoms with E-state index in [1.54, 1.807) is 0 Å². The SMILES string of the molecule is CCOc1cccc(C2(O)CCN(C)CC2)c1. The molecule has 1 saturated heterocycles. The molecule has 94 valence electrons. The van der Waals surface area contributed by atoms with Gasteiger partial charge < -0.3 is 14.7 Å². The Labute approximate surface area is 103 Å². The lowest BCUT2D eigenvalue weighted by atomic mass is 9.84. The monoisotopic (exact) mass is 235 g/mol. The van der Waals surface area contributed by atoms with Crippen LogP contribution < -0.4 is 4.74 Å². The molecule has 0 saturated carbocycles. The highest BCUT2D eigenvalue weighted by Gasteiger charge is 2.33. The first-order chi connectivity index (χ1) is 8.14. The summed E-state index contributed by atoms with van der Waals surface area (Å²) in [6.45, 7) is 4.51. The van der Waals surface area contributed by atoms with E-state index in [0.717, 1.165) is 37.2 Å². The Morgan fingerprint density at radius 2 is 2.06 bits per heavy atom. The molecule has 3 nitrogen and oxygen atoms in total. The number of piperidine rings is 1. The smallest absolute Gasteiger partial charge is 0.119 e. The van der Waals surface area contributed by atoms with E-state index >= 15 is 0 Å². The molecule has 1 N–H and O–H groups in total. The highest BCUT2D eigenvalue weighted by Crippen LogP contribution is 2.33. The zero-order valence-electron chi connectivity index (χ0n) is 10.6. The largest absolute Gasteiger partial charge is 0.494 e. The molecule has 0 amide bonds. The highest BCUT2D eigenvalue weighted by atomic mass is 16.5. The van der Waals surface area contributed by atoms with Crippen molar-refractivity contribution < 1.29 is 9.84 Å². The summed E-state index contributed by atoms with van der Waals surface area (Å²) >= 11 is 0. The summed E-state index contributed by atoms with van der Waals surface area (Å²) < 4.78 is 5.48. The molecule has 1 heterocycles. The van der Waals surface area contributed by atoms with Gasteiger partial charge >= 0.3 is 0 Å². The van der Waals surface area contributed by atoms with E-state index < -0.39 is 5.60 Å². The number of likely N-dealkylation sites (tertiary alicyclic amines) is 1. The molecule has 0 spiro atoms. The van der Waals surface area contributed by atoms with Crippen molar-refractivity contribution in [2.24, 2.45) is 0 Å². The van der Waals surface area contributed by atoms with Crippen LogP contribution in [0.3, 0.4) is 0 Å². The Bertz CT molecular complexity index is 370. The van der Waals surface area contributed by atoms with Crippen LogP contribution in [-0.2, 0) is 5.60 Å². The minimum absolute atomic E-state index is 0.657. The van der Waals surface area contributed by atoms with E-state index in [2.05, 4.69) is 11.9 Å². The summed E-state index contributed by atoms with van der Waals surface area (Å²) in [7, 11) is 2.09. The zero-order chi connectivity index (χ0) is 12.3. The Kier molecular flexibility index (Phi) is 3.69. The van der Waals surface area contributed by atoms with Crippen molar-refractivity contribution >= 4 is 0 Å². The van der Waals surface area contributed by atoms with Gasteiger partial charge in [0.25, 0.3) is 0 Å². The molecule has 1 aliphatic heterocycles. The third kappa shape index (κ3) is 2.79. The predicted octanol–water partition coefficient (Wildman–Crippen LogP) is 2.00. The number of benzene rings is 1. The van der Waals surface area contributed by atoms with Crippen LogP contribution in [-0.4, -0.2) is 36.8 Å². The lowest BCUT2D eigenvalue weighted by Crippen LogP contribution is -2.40. The Balaban J connectivity index is 2.17. The summed E-state index contributed by atoms with van der Waals surface area (Å²) in [4.78, 5) is 2.25. The fourth-order valence-corrected chi connectivity index (χ4v) is 2.32. The maximum absolute atomic E-state index is 10.7. The molecule has 0 aliphatic carbocycles. The molecule has 0 unspecified atom stereocenters. The molecule has 1 aromatic carbocycles. The molecule has 0 bridgehead atoms. The summed E-state index contributed by atoms with van der Waals surface area (Å²) in [5, 5.41) is 10.7. The third-order valence-corrected chi connectivity index (χ3v) is 3.50. The number of hydrogen-bond acceptors (Lipinski definition) is 3. The van der Waals surface area contributed by atoms with Crippen molar-refractivity contribution in [1.29, 1.82) is 0 Å². The molecule has 17 heavy (non-hydrogen) atoms. The summed E-state index contributed by atoms with van der Waals surface area (Å²) in [6.07, 6.45) is 1.58. The van der Waals surface area contributed by atoms with Crippen LogP contribution in [0, 0.1) is 0 Å². The molecular formula is C14H21NO2. The van der Waals surface area contributed by atoms with E-state index in [9.17, 15) is 5.11 Å². The molecule has 2 rings (SSSR count). The molecular weight excluding hydrogens is 214 g/mol. The first-order valence-corrected chi connectivity index (χ1v) is 6.28. The first-order valence-electron chi connectivity index (χ1n) is 6.28. The van der Waals surface area contributed by atoms with Crippen LogP contribution in [0.25, 0.3) is 0 Å². The van der Waals surface area contributed by atoms with Gasteiger partial charge in [0.2, 0.25) is 0 Å². The van der Waals surface area contributed by atoms with Gasteiger partial charge in [-0.2, -0.15) is 0 Å². The molecule has 1 aliphatic rings. The van der Waals surface area contributed by atoms with Gasteiger partial charge in [0.05, 0.1) is 12.2 Å². The van der Waals surface area contributed by atoms with Crippen LogP contribution in [0.4, 0.5) is 0 Å². The van der Waals surface area contributed by atoms with Gasteiger partial charge in [-0.1, -0.05) is 12.1 Å². The van der Waals surface area contributed by atoms with Crippen molar-refractivity contribution in [1.82, 2.24) is 4.90 Å². The van der Waals surface area contributed by atoms with Crippen molar-refractivity contribution in [3.05, 3.63) is 29.8 Å². The molecule has 0 radical (unpaired) electrons. The van der Waals surface area contributed by atoms with Crippen LogP contribution in [0.5, 0.6) is 5.75 Å². The second-order valence-corrected chi connectivity index (χ2v) is 4.80. The Morgan fingerprint density at radius 3 is 2.71 bits per heavy atom. The van der Waals surface area contributed by atoms with E-state index in [0.29, 0.717) is 6.61 Å². The van der Waals surface area contributed by atoms with Crippen LogP contribution in [0.2, 0.25) is 0 Å². The minimum Gasteiger partial charge on any atom is -0.494 e. The number of ether oxygens (including phenoxy) is 1. The summed E-state index contributed by atoms with van der Waals surface area (Å²) in [5.74, 6) is 0.845. The Hall–Kier alpha value is -1.06. The van der Waals surface area contributed by atoms with Crippen molar-refractivity contribution in [2.75, 3.05) is 26.7 Å². The topological polar surface area (TPSA) is 32.7 Å². The van der Waals surface area contributed by atoms with E-state index in [1.807, 2.05) is 31.2 Å². The fraction of sp³-hybridized carbons (Fsp3) is 0.571. The van der Waals surface area contributed by atoms with E-state index in [1.165, 1.54) is 0 Å². The number of aliphatic hydroxyl groups is 1. The normalized spacial score (nSPS) is 20.2. The number of hydrogen-bond donors (Lipinski definition) is 1. The number of nitrogens with zero attached hydrogens (tertiary/aromatic N) is 1. The number of rotatable bonds is 3. The fourth-order valence-electron chi connectivity index (χ4n) is 2.32. The molecule has 1 aromatic rings.